The Morgan fingerprint density at radius 1 is 1.19 bits per heavy atom. The Morgan fingerprint density at radius 3 is 2.57 bits per heavy atom. The summed E-state index contributed by atoms with van der Waals surface area (Å²) in [6, 6.07) is 12.0. The molecule has 4 nitrogen and oxygen atoms in total. The van der Waals surface area contributed by atoms with Crippen molar-refractivity contribution in [2.75, 3.05) is 0 Å². The van der Waals surface area contributed by atoms with Crippen LogP contribution in [0.25, 0.3) is 11.0 Å². The molecule has 21 heavy (non-hydrogen) atoms. The first-order valence-corrected chi connectivity index (χ1v) is 8.63. The lowest BCUT2D eigenvalue weighted by Crippen LogP contribution is -2.13. The number of nitrogens with zero attached hydrogens (tertiary/aromatic N) is 2. The van der Waals surface area contributed by atoms with Gasteiger partial charge in [0.05, 0.1) is 21.4 Å². The summed E-state index contributed by atoms with van der Waals surface area (Å²) in [5.41, 5.74) is 3.18. The molecule has 2 aromatic heterocycles. The first-order valence-electron chi connectivity index (χ1n) is 6.61. The number of hydrogen-bond acceptors (Lipinski definition) is 3. The maximum Gasteiger partial charge on any atom is 0.268 e. The first kappa shape index (κ1) is 14.2. The van der Waals surface area contributed by atoms with Crippen LogP contribution in [0.4, 0.5) is 0 Å². The summed E-state index contributed by atoms with van der Waals surface area (Å²) >= 11 is 0. The number of benzene rings is 1. The number of fused-ring (bicyclic) bond motifs is 1. The second kappa shape index (κ2) is 5.24. The van der Waals surface area contributed by atoms with Gasteiger partial charge in [-0.15, -0.1) is 0 Å². The fourth-order valence-electron chi connectivity index (χ4n) is 2.29. The van der Waals surface area contributed by atoms with Crippen LogP contribution in [0.2, 0.25) is 0 Å². The number of rotatable bonds is 3. The Balaban J connectivity index is 2.26. The highest BCUT2D eigenvalue weighted by molar-refractivity contribution is 7.90. The molecule has 0 aliphatic rings. The van der Waals surface area contributed by atoms with E-state index in [1.165, 1.54) is 3.97 Å². The van der Waals surface area contributed by atoms with Gasteiger partial charge in [0.15, 0.2) is 0 Å². The van der Waals surface area contributed by atoms with Gasteiger partial charge in [-0.1, -0.05) is 34.4 Å². The molecule has 1 aromatic carbocycles. The monoisotopic (exact) mass is 318 g/mol. The summed E-state index contributed by atoms with van der Waals surface area (Å²) in [7, 11) is -0.993. The minimum atomic E-state index is -3.59. The van der Waals surface area contributed by atoms with Gasteiger partial charge in [0.25, 0.3) is 10.0 Å². The summed E-state index contributed by atoms with van der Waals surface area (Å²) in [4.78, 5) is 4.73. The molecule has 0 spiro atoms. The third-order valence-corrected chi connectivity index (χ3v) is 5.63. The number of hydrogen-bond donors (Lipinski definition) is 0. The lowest BCUT2D eigenvalue weighted by atomic mass is 10.2. The fraction of sp³-hybridized carbons (Fsp3) is 0.133. The molecular formula is C15H15N2O2PS. The summed E-state index contributed by atoms with van der Waals surface area (Å²) in [6.45, 7) is 2.02. The van der Waals surface area contributed by atoms with Gasteiger partial charge in [-0.25, -0.2) is 17.4 Å². The highest BCUT2D eigenvalue weighted by atomic mass is 32.2. The van der Waals surface area contributed by atoms with Crippen LogP contribution in [0.15, 0.2) is 53.6 Å². The summed E-state index contributed by atoms with van der Waals surface area (Å²) in [5.74, 6) is 0. The van der Waals surface area contributed by atoms with Crippen LogP contribution in [0, 0.1) is 0 Å². The van der Waals surface area contributed by atoms with E-state index >= 15 is 0 Å². The SMILES string of the molecule is CCc1cc2c(ccn2S(=O)(=O)c2ccccc2)nc1P. The second-order valence-electron chi connectivity index (χ2n) is 4.72. The molecule has 108 valence electrons. The van der Waals surface area contributed by atoms with Crippen molar-refractivity contribution in [1.29, 1.82) is 0 Å². The average Bonchev–Trinajstić information content (AvgIpc) is 2.90. The molecule has 0 amide bonds. The zero-order valence-electron chi connectivity index (χ0n) is 11.5. The standard InChI is InChI=1S/C15H15N2O2PS/c1-2-11-10-14-13(16-15(11)20)8-9-17(14)21(18,19)12-6-4-3-5-7-12/h3-10H,2,20H2,1H3. The molecular weight excluding hydrogens is 303 g/mol. The fourth-order valence-corrected chi connectivity index (χ4v) is 4.07. The molecule has 0 aliphatic heterocycles. The minimum Gasteiger partial charge on any atom is -0.247 e. The van der Waals surface area contributed by atoms with E-state index in [1.807, 2.05) is 13.0 Å². The Morgan fingerprint density at radius 2 is 1.90 bits per heavy atom. The van der Waals surface area contributed by atoms with Gasteiger partial charge in [0, 0.05) is 6.20 Å². The maximum absolute atomic E-state index is 12.7. The molecule has 1 unspecified atom stereocenters. The van der Waals surface area contributed by atoms with E-state index in [9.17, 15) is 8.42 Å². The molecule has 1 atom stereocenters. The van der Waals surface area contributed by atoms with Gasteiger partial charge in [-0.05, 0) is 36.2 Å². The van der Waals surface area contributed by atoms with Crippen molar-refractivity contribution in [3.05, 3.63) is 54.2 Å². The zero-order chi connectivity index (χ0) is 15.0. The van der Waals surface area contributed by atoms with Crippen molar-refractivity contribution in [3.63, 3.8) is 0 Å². The van der Waals surface area contributed by atoms with E-state index in [1.54, 1.807) is 42.6 Å². The van der Waals surface area contributed by atoms with Crippen LogP contribution < -0.4 is 5.44 Å². The van der Waals surface area contributed by atoms with Crippen LogP contribution in [-0.4, -0.2) is 17.4 Å². The molecule has 3 rings (SSSR count). The zero-order valence-corrected chi connectivity index (χ0v) is 13.5. The molecule has 2 heterocycles. The van der Waals surface area contributed by atoms with Gasteiger partial charge in [0.2, 0.25) is 0 Å². The maximum atomic E-state index is 12.7. The molecule has 3 aromatic rings. The van der Waals surface area contributed by atoms with Gasteiger partial charge >= 0.3 is 0 Å². The van der Waals surface area contributed by atoms with Crippen molar-refractivity contribution in [2.24, 2.45) is 0 Å². The van der Waals surface area contributed by atoms with Gasteiger partial charge < -0.3 is 0 Å². The van der Waals surface area contributed by atoms with Gasteiger partial charge in [-0.2, -0.15) is 0 Å². The smallest absolute Gasteiger partial charge is 0.247 e. The van der Waals surface area contributed by atoms with E-state index in [-0.39, 0.29) is 4.90 Å². The summed E-state index contributed by atoms with van der Waals surface area (Å²) in [6.07, 6.45) is 2.36. The van der Waals surface area contributed by atoms with Crippen LogP contribution >= 0.6 is 9.24 Å². The number of aromatic nitrogens is 2. The van der Waals surface area contributed by atoms with Crippen LogP contribution in [-0.2, 0) is 16.4 Å². The van der Waals surface area contributed by atoms with Crippen molar-refractivity contribution >= 4 is 35.7 Å². The predicted octanol–water partition coefficient (Wildman–Crippen LogP) is 2.34. The lowest BCUT2D eigenvalue weighted by Gasteiger charge is -2.09. The van der Waals surface area contributed by atoms with Crippen molar-refractivity contribution in [2.45, 2.75) is 18.2 Å². The van der Waals surface area contributed by atoms with Crippen molar-refractivity contribution in [1.82, 2.24) is 8.96 Å². The lowest BCUT2D eigenvalue weighted by molar-refractivity contribution is 0.589. The Bertz CT molecular complexity index is 902. The second-order valence-corrected chi connectivity index (χ2v) is 7.08. The average molecular weight is 318 g/mol. The quantitative estimate of drug-likeness (QED) is 0.697. The third kappa shape index (κ3) is 2.37. The summed E-state index contributed by atoms with van der Waals surface area (Å²) < 4.78 is 26.7. The highest BCUT2D eigenvalue weighted by Crippen LogP contribution is 2.21. The number of aryl methyl sites for hydroxylation is 1. The molecule has 0 saturated heterocycles. The molecule has 0 fully saturated rings. The van der Waals surface area contributed by atoms with Crippen molar-refractivity contribution < 1.29 is 8.42 Å². The van der Waals surface area contributed by atoms with Crippen molar-refractivity contribution in [3.8, 4) is 0 Å². The van der Waals surface area contributed by atoms with E-state index in [0.717, 1.165) is 17.4 Å². The molecule has 0 N–H and O–H groups in total. The van der Waals surface area contributed by atoms with E-state index in [4.69, 9.17) is 0 Å². The molecule has 0 saturated carbocycles. The third-order valence-electron chi connectivity index (χ3n) is 3.43. The van der Waals surface area contributed by atoms with Crippen LogP contribution in [0.5, 0.6) is 0 Å². The van der Waals surface area contributed by atoms with E-state index in [2.05, 4.69) is 14.2 Å². The van der Waals surface area contributed by atoms with Gasteiger partial charge in [0.1, 0.15) is 0 Å². The van der Waals surface area contributed by atoms with Crippen LogP contribution in [0.3, 0.4) is 0 Å². The normalized spacial score (nSPS) is 11.9. The first-order chi connectivity index (χ1) is 10.0. The molecule has 0 aliphatic carbocycles. The van der Waals surface area contributed by atoms with Gasteiger partial charge in [-0.3, -0.25) is 0 Å². The molecule has 6 heteroatoms. The predicted molar refractivity (Wildman–Crippen MR) is 87.5 cm³/mol. The topological polar surface area (TPSA) is 52.0 Å². The summed E-state index contributed by atoms with van der Waals surface area (Å²) in [5, 5.41) is 0. The minimum absolute atomic E-state index is 0.274. The Hall–Kier alpha value is -1.71. The highest BCUT2D eigenvalue weighted by Gasteiger charge is 2.19. The Labute approximate surface area is 126 Å². The Kier molecular flexibility index (Phi) is 3.56. The molecule has 0 radical (unpaired) electrons. The van der Waals surface area contributed by atoms with E-state index in [0.29, 0.717) is 11.0 Å². The van der Waals surface area contributed by atoms with E-state index < -0.39 is 10.0 Å². The largest absolute Gasteiger partial charge is 0.268 e. The number of pyridine rings is 1. The molecule has 0 bridgehead atoms. The van der Waals surface area contributed by atoms with Crippen LogP contribution in [0.1, 0.15) is 12.5 Å².